The minimum Gasteiger partial charge on any atom is -0.478 e. The van der Waals surface area contributed by atoms with Gasteiger partial charge in [0.25, 0.3) is 21.8 Å². The first kappa shape index (κ1) is 53.6. The summed E-state index contributed by atoms with van der Waals surface area (Å²) in [6, 6.07) is 20.0. The zero-order chi connectivity index (χ0) is 54.4. The lowest BCUT2D eigenvalue weighted by Crippen LogP contribution is -2.65. The van der Waals surface area contributed by atoms with Gasteiger partial charge in [-0.3, -0.25) is 24.7 Å². The predicted molar refractivity (Wildman–Crippen MR) is 284 cm³/mol. The molecule has 6 aromatic rings. The van der Waals surface area contributed by atoms with E-state index in [1.807, 2.05) is 4.72 Å². The summed E-state index contributed by atoms with van der Waals surface area (Å²) >= 11 is 0. The highest BCUT2D eigenvalue weighted by atomic mass is 32.2. The van der Waals surface area contributed by atoms with Gasteiger partial charge in [0.2, 0.25) is 5.82 Å². The topological polar surface area (TPSA) is 208 Å². The first-order valence-corrected chi connectivity index (χ1v) is 27.7. The molecule has 0 bridgehead atoms. The van der Waals surface area contributed by atoms with Crippen LogP contribution in [0.15, 0.2) is 90.1 Å². The van der Waals surface area contributed by atoms with Gasteiger partial charge in [0, 0.05) is 94.4 Å². The number of aliphatic hydroxyl groups is 1. The van der Waals surface area contributed by atoms with Crippen molar-refractivity contribution < 1.29 is 45.9 Å². The number of amides is 1. The van der Waals surface area contributed by atoms with Crippen LogP contribution in [0.4, 0.5) is 30.4 Å². The highest BCUT2D eigenvalue weighted by molar-refractivity contribution is 7.90. The first-order chi connectivity index (χ1) is 36.8. The number of H-pyrrole nitrogens is 1. The van der Waals surface area contributed by atoms with Crippen molar-refractivity contribution in [2.45, 2.75) is 101 Å². The molecule has 17 nitrogen and oxygen atoms in total. The summed E-state index contributed by atoms with van der Waals surface area (Å²) in [6.45, 7) is 11.8. The van der Waals surface area contributed by atoms with E-state index >= 15 is 0 Å². The number of fused-ring (bicyclic) bond motifs is 1. The fourth-order valence-electron chi connectivity index (χ4n) is 11.9. The van der Waals surface area contributed by atoms with Crippen molar-refractivity contribution >= 4 is 44.2 Å². The van der Waals surface area contributed by atoms with Crippen molar-refractivity contribution in [1.82, 2.24) is 29.5 Å². The SMILES string of the molecule is COc1nc2[nH]cc(F)c2cc1Oc1cc(N2CCC3(CC2)CN(C2CCN(Cc4ccc(F)c(F)c4)CC2c2ccccc2C(C)C)C3)ccc1C(=O)NS(=O)(=O)c1cnc(NCC2CCC(C)(O)CC2)c([N+](=O)[O-])c1. The standard InChI is InChI=1S/C56H64F3N9O8S/c1-34(2)39-7-5-6-8-40(39)43-31-65(30-36-9-12-44(57)45(58)23-36)20-15-47(43)67-32-56(33-67)18-21-66(22-19-56)37-10-11-41(49(24-37)76-50-26-42-46(59)29-62-51(42)63-54(50)75-4)53(69)64-77(73,74)38-25-48(68(71)72)52(61-28-38)60-27-35-13-16-55(3,70)17-14-35/h5-12,23-26,28-29,34-35,43,47,70H,13-22,27,30-33H2,1-4H3,(H,60,61)(H,62,63)(H,64,69). The normalized spacial score (nSPS) is 22.0. The number of nitrogens with zero attached hydrogens (tertiary/aromatic N) is 6. The number of hydrogen-bond acceptors (Lipinski definition) is 14. The number of halogens is 3. The van der Waals surface area contributed by atoms with E-state index in [-0.39, 0.29) is 63.1 Å². The molecule has 0 radical (unpaired) electrons. The Labute approximate surface area is 445 Å². The summed E-state index contributed by atoms with van der Waals surface area (Å²) in [6.07, 6.45) is 7.31. The maximum absolute atomic E-state index is 14.9. The second-order valence-corrected chi connectivity index (χ2v) is 23.7. The number of carbonyl (C=O) groups excluding carboxylic acids is 1. The van der Waals surface area contributed by atoms with Crippen LogP contribution in [0.25, 0.3) is 11.0 Å². The number of ether oxygens (including phenoxy) is 2. The van der Waals surface area contributed by atoms with Crippen LogP contribution in [0, 0.1) is 38.9 Å². The van der Waals surface area contributed by atoms with E-state index in [2.05, 4.69) is 73.1 Å². The van der Waals surface area contributed by atoms with Crippen LogP contribution in [-0.4, -0.2) is 114 Å². The number of rotatable bonds is 16. The van der Waals surface area contributed by atoms with Crippen LogP contribution in [0.1, 0.15) is 105 Å². The number of benzene rings is 3. The number of pyridine rings is 2. The zero-order valence-electron chi connectivity index (χ0n) is 43.5. The van der Waals surface area contributed by atoms with Crippen LogP contribution in [-0.2, 0) is 16.6 Å². The Hall–Kier alpha value is -6.81. The van der Waals surface area contributed by atoms with Gasteiger partial charge in [0.05, 0.1) is 34.8 Å². The van der Waals surface area contributed by atoms with Gasteiger partial charge in [-0.25, -0.2) is 31.3 Å². The molecule has 6 heterocycles. The van der Waals surface area contributed by atoms with Gasteiger partial charge < -0.3 is 29.8 Å². The molecule has 4 fully saturated rings. The lowest BCUT2D eigenvalue weighted by molar-refractivity contribution is -0.384. The molecule has 2 atom stereocenters. The minimum absolute atomic E-state index is 0.0375. The highest BCUT2D eigenvalue weighted by Gasteiger charge is 2.49. The summed E-state index contributed by atoms with van der Waals surface area (Å²) in [5.41, 5.74) is 2.75. The maximum atomic E-state index is 14.9. The summed E-state index contributed by atoms with van der Waals surface area (Å²) in [5.74, 6) is -3.08. The van der Waals surface area contributed by atoms with E-state index < -0.39 is 54.5 Å². The second-order valence-electron chi connectivity index (χ2n) is 22.0. The summed E-state index contributed by atoms with van der Waals surface area (Å²) in [4.78, 5) is 43.4. The van der Waals surface area contributed by atoms with Crippen molar-refractivity contribution in [3.63, 3.8) is 0 Å². The van der Waals surface area contributed by atoms with E-state index in [4.69, 9.17) is 9.47 Å². The second kappa shape index (κ2) is 21.5. The zero-order valence-corrected chi connectivity index (χ0v) is 44.3. The molecule has 1 amide bonds. The van der Waals surface area contributed by atoms with Crippen molar-refractivity contribution in [2.24, 2.45) is 11.3 Å². The Morgan fingerprint density at radius 3 is 2.42 bits per heavy atom. The lowest BCUT2D eigenvalue weighted by atomic mass is 9.69. The Balaban J connectivity index is 0.858. The van der Waals surface area contributed by atoms with Crippen LogP contribution in [0.2, 0.25) is 0 Å². The number of hydrogen-bond donors (Lipinski definition) is 4. The molecule has 21 heteroatoms. The van der Waals surface area contributed by atoms with Crippen LogP contribution in [0.3, 0.4) is 0 Å². The highest BCUT2D eigenvalue weighted by Crippen LogP contribution is 2.47. The molecule has 408 valence electrons. The fraction of sp³-hybridized carbons (Fsp3) is 0.446. The first-order valence-electron chi connectivity index (χ1n) is 26.2. The Morgan fingerprint density at radius 2 is 1.70 bits per heavy atom. The molecule has 3 aromatic carbocycles. The molecule has 77 heavy (non-hydrogen) atoms. The number of nitrogens with one attached hydrogen (secondary N) is 3. The molecule has 4 aliphatic rings. The van der Waals surface area contributed by atoms with Crippen LogP contribution in [0.5, 0.6) is 17.4 Å². The van der Waals surface area contributed by atoms with Gasteiger partial charge in [-0.1, -0.05) is 44.2 Å². The predicted octanol–water partition coefficient (Wildman–Crippen LogP) is 9.64. The van der Waals surface area contributed by atoms with Crippen LogP contribution < -0.4 is 24.4 Å². The number of aromatic nitrogens is 3. The van der Waals surface area contributed by atoms with Gasteiger partial charge in [-0.05, 0) is 110 Å². The molecule has 3 saturated heterocycles. The number of sulfonamides is 1. The van der Waals surface area contributed by atoms with Gasteiger partial charge >= 0.3 is 5.69 Å². The monoisotopic (exact) mass is 1080 g/mol. The van der Waals surface area contributed by atoms with Gasteiger partial charge in [0.15, 0.2) is 17.4 Å². The van der Waals surface area contributed by atoms with E-state index in [0.29, 0.717) is 63.5 Å². The Morgan fingerprint density at radius 1 is 0.948 bits per heavy atom. The molecular formula is C56H64F3N9O8S. The van der Waals surface area contributed by atoms with Crippen molar-refractivity contribution in [2.75, 3.05) is 63.1 Å². The molecule has 3 aliphatic heterocycles. The molecule has 3 aromatic heterocycles. The molecule has 10 rings (SSSR count). The fourth-order valence-corrected chi connectivity index (χ4v) is 12.8. The van der Waals surface area contributed by atoms with Crippen molar-refractivity contribution in [3.8, 4) is 17.4 Å². The van der Waals surface area contributed by atoms with E-state index in [1.54, 1.807) is 25.1 Å². The molecule has 4 N–H and O–H groups in total. The number of carbonyl (C=O) groups is 1. The van der Waals surface area contributed by atoms with Crippen molar-refractivity contribution in [1.29, 1.82) is 0 Å². The number of anilines is 2. The van der Waals surface area contributed by atoms with Gasteiger partial charge in [-0.2, -0.15) is 4.98 Å². The summed E-state index contributed by atoms with van der Waals surface area (Å²) in [7, 11) is -3.41. The molecule has 1 saturated carbocycles. The smallest absolute Gasteiger partial charge is 0.312 e. The number of aromatic amines is 1. The molecule has 2 unspecified atom stereocenters. The van der Waals surface area contributed by atoms with Crippen molar-refractivity contribution in [3.05, 3.63) is 135 Å². The maximum Gasteiger partial charge on any atom is 0.312 e. The number of nitro groups is 1. The minimum atomic E-state index is -4.76. The van der Waals surface area contributed by atoms with Gasteiger partial charge in [-0.15, -0.1) is 0 Å². The quantitative estimate of drug-likeness (QED) is 0.0526. The number of methoxy groups -OCH3 is 1. The molecule has 1 spiro atoms. The van der Waals surface area contributed by atoms with E-state index in [9.17, 15) is 41.6 Å². The summed E-state index contributed by atoms with van der Waals surface area (Å²) < 4.78 is 84.6. The van der Waals surface area contributed by atoms with Gasteiger partial charge in [0.1, 0.15) is 22.1 Å². The average molecular weight is 1080 g/mol. The Kier molecular flexibility index (Phi) is 15.0. The third-order valence-electron chi connectivity index (χ3n) is 16.3. The van der Waals surface area contributed by atoms with E-state index in [1.165, 1.54) is 42.5 Å². The number of piperidine rings is 2. The largest absolute Gasteiger partial charge is 0.478 e. The summed E-state index contributed by atoms with van der Waals surface area (Å²) in [5, 5.41) is 25.6. The van der Waals surface area contributed by atoms with Crippen LogP contribution >= 0.6 is 0 Å². The Bertz CT molecular complexity index is 3300. The average Bonchev–Trinajstić information content (AvgIpc) is 3.81. The lowest BCUT2D eigenvalue weighted by Gasteiger charge is -2.59. The molecule has 1 aliphatic carbocycles. The van der Waals surface area contributed by atoms with E-state index in [0.717, 1.165) is 69.5 Å². The third-order valence-corrected chi connectivity index (χ3v) is 17.6. The molecular weight excluding hydrogens is 1020 g/mol. The number of likely N-dealkylation sites (tertiary alicyclic amines) is 2. The third kappa shape index (κ3) is 11.4.